The molecule has 1 N–H and O–H groups in total. The van der Waals surface area contributed by atoms with Crippen molar-refractivity contribution in [3.63, 3.8) is 0 Å². The quantitative estimate of drug-likeness (QED) is 0.282. The first-order chi connectivity index (χ1) is 15.3. The van der Waals surface area contributed by atoms with E-state index in [4.69, 9.17) is 16.3 Å². The number of hydrogen-bond acceptors (Lipinski definition) is 5. The van der Waals surface area contributed by atoms with Gasteiger partial charge in [-0.05, 0) is 67.3 Å². The lowest BCUT2D eigenvalue weighted by atomic mass is 9.95. The summed E-state index contributed by atoms with van der Waals surface area (Å²) < 4.78 is 5.65. The third-order valence-corrected chi connectivity index (χ3v) is 6.24. The van der Waals surface area contributed by atoms with Gasteiger partial charge in [-0.2, -0.15) is 0 Å². The van der Waals surface area contributed by atoms with Crippen LogP contribution in [0.25, 0.3) is 5.76 Å². The molecule has 5 nitrogen and oxygen atoms in total. The molecule has 0 bridgehead atoms. The highest BCUT2D eigenvalue weighted by atomic mass is 35.5. The Balaban J connectivity index is 1.79. The highest BCUT2D eigenvalue weighted by Gasteiger charge is 2.46. The van der Waals surface area contributed by atoms with Gasteiger partial charge in [0.15, 0.2) is 0 Å². The van der Waals surface area contributed by atoms with E-state index in [9.17, 15) is 14.7 Å². The summed E-state index contributed by atoms with van der Waals surface area (Å²) in [5, 5.41) is 13.6. The first-order valence-corrected chi connectivity index (χ1v) is 11.4. The summed E-state index contributed by atoms with van der Waals surface area (Å²) in [6.07, 6.45) is 0.0157. The van der Waals surface area contributed by atoms with E-state index in [1.165, 1.54) is 16.2 Å². The van der Waals surface area contributed by atoms with E-state index >= 15 is 0 Å². The van der Waals surface area contributed by atoms with E-state index in [-0.39, 0.29) is 24.0 Å². The zero-order chi connectivity index (χ0) is 22.8. The molecule has 1 atom stereocenters. The fourth-order valence-electron chi connectivity index (χ4n) is 3.72. The normalized spacial score (nSPS) is 17.9. The number of aliphatic hydroxyl groups is 1. The van der Waals surface area contributed by atoms with E-state index in [0.29, 0.717) is 21.9 Å². The van der Waals surface area contributed by atoms with Crippen molar-refractivity contribution in [3.8, 4) is 5.75 Å². The van der Waals surface area contributed by atoms with Crippen molar-refractivity contribution in [2.45, 2.75) is 32.5 Å². The maximum absolute atomic E-state index is 13.1. The zero-order valence-corrected chi connectivity index (χ0v) is 19.2. The van der Waals surface area contributed by atoms with Crippen LogP contribution in [-0.4, -0.2) is 27.8 Å². The second-order valence-electron chi connectivity index (χ2n) is 7.75. The Morgan fingerprint density at radius 1 is 1.09 bits per heavy atom. The molecule has 2 heterocycles. The van der Waals surface area contributed by atoms with Gasteiger partial charge >= 0.3 is 0 Å². The van der Waals surface area contributed by atoms with E-state index < -0.39 is 17.7 Å². The smallest absolute Gasteiger partial charge is 0.295 e. The van der Waals surface area contributed by atoms with Crippen molar-refractivity contribution in [1.29, 1.82) is 0 Å². The summed E-state index contributed by atoms with van der Waals surface area (Å²) in [5.41, 5.74) is 1.20. The number of carbonyl (C=O) groups excluding carboxylic acids is 2. The number of benzene rings is 2. The van der Waals surface area contributed by atoms with Gasteiger partial charge in [0.1, 0.15) is 11.5 Å². The third-order valence-electron chi connectivity index (χ3n) is 5.13. The molecule has 1 aromatic heterocycles. The molecule has 4 rings (SSSR count). The first-order valence-electron chi connectivity index (χ1n) is 10.2. The number of ether oxygens (including phenoxy) is 1. The molecular weight excluding hydrogens is 446 g/mol. The molecule has 1 saturated heterocycles. The Labute approximate surface area is 195 Å². The maximum atomic E-state index is 13.1. The van der Waals surface area contributed by atoms with Crippen LogP contribution >= 0.6 is 22.9 Å². The minimum Gasteiger partial charge on any atom is -0.507 e. The number of thiophene rings is 1. The number of halogens is 1. The van der Waals surface area contributed by atoms with Crippen molar-refractivity contribution >= 4 is 40.4 Å². The van der Waals surface area contributed by atoms with E-state index in [1.807, 2.05) is 31.4 Å². The van der Waals surface area contributed by atoms with Crippen LogP contribution in [0.3, 0.4) is 0 Å². The lowest BCUT2D eigenvalue weighted by Crippen LogP contribution is -2.28. The van der Waals surface area contributed by atoms with Crippen molar-refractivity contribution in [1.82, 2.24) is 4.90 Å². The highest BCUT2D eigenvalue weighted by molar-refractivity contribution is 7.09. The molecule has 164 valence electrons. The largest absolute Gasteiger partial charge is 0.507 e. The number of hydrogen-bond donors (Lipinski definition) is 1. The standard InChI is InChI=1S/C25H22ClNO4S/c1-15(2)31-19-11-7-17(8-12-19)23(28)21-22(16-5-9-18(26)10-6-16)27(25(30)24(21)29)14-20-4-3-13-32-20/h3-13,15,22,28H,14H2,1-2H3/b23-21-. The highest BCUT2D eigenvalue weighted by Crippen LogP contribution is 2.41. The number of nitrogens with zero attached hydrogens (tertiary/aromatic N) is 1. The van der Waals surface area contributed by atoms with Crippen molar-refractivity contribution < 1.29 is 19.4 Å². The van der Waals surface area contributed by atoms with Crippen molar-refractivity contribution in [2.24, 2.45) is 0 Å². The van der Waals surface area contributed by atoms with Crippen LogP contribution in [0.4, 0.5) is 0 Å². The lowest BCUT2D eigenvalue weighted by molar-refractivity contribution is -0.140. The summed E-state index contributed by atoms with van der Waals surface area (Å²) in [7, 11) is 0. The van der Waals surface area contributed by atoms with Gasteiger partial charge in [-0.3, -0.25) is 9.59 Å². The van der Waals surface area contributed by atoms with Crippen LogP contribution in [0, 0.1) is 0 Å². The Kier molecular flexibility index (Phi) is 6.35. The second kappa shape index (κ2) is 9.18. The van der Waals surface area contributed by atoms with Crippen molar-refractivity contribution in [3.05, 3.63) is 92.6 Å². The van der Waals surface area contributed by atoms with Gasteiger partial charge in [0.25, 0.3) is 11.7 Å². The number of carbonyl (C=O) groups is 2. The maximum Gasteiger partial charge on any atom is 0.295 e. The summed E-state index contributed by atoms with van der Waals surface area (Å²) in [5.74, 6) is -0.904. The van der Waals surface area contributed by atoms with E-state index in [0.717, 1.165) is 4.88 Å². The molecule has 3 aromatic rings. The Bertz CT molecular complexity index is 1150. The minimum absolute atomic E-state index is 0.0157. The van der Waals surface area contributed by atoms with Crippen LogP contribution in [0.1, 0.15) is 35.9 Å². The number of ketones is 1. The summed E-state index contributed by atoms with van der Waals surface area (Å²) in [6, 6.07) is 16.9. The third kappa shape index (κ3) is 4.42. The minimum atomic E-state index is -0.721. The first kappa shape index (κ1) is 22.1. The van der Waals surface area contributed by atoms with Gasteiger partial charge in [-0.15, -0.1) is 11.3 Å². The molecule has 0 saturated carbocycles. The molecule has 0 radical (unpaired) electrons. The predicted octanol–water partition coefficient (Wildman–Crippen LogP) is 5.81. The molecule has 2 aromatic carbocycles. The number of Topliss-reactive ketones (excluding diaryl/α,β-unsaturated/α-hetero) is 1. The molecule has 0 aliphatic carbocycles. The van der Waals surface area contributed by atoms with Crippen LogP contribution in [-0.2, 0) is 16.1 Å². The lowest BCUT2D eigenvalue weighted by Gasteiger charge is -2.25. The number of aliphatic hydroxyl groups excluding tert-OH is 1. The van der Waals surface area contributed by atoms with Gasteiger partial charge in [0.2, 0.25) is 0 Å². The van der Waals surface area contributed by atoms with Crippen LogP contribution in [0.15, 0.2) is 71.6 Å². The molecule has 1 aliphatic rings. The summed E-state index contributed by atoms with van der Waals surface area (Å²) >= 11 is 7.56. The molecule has 1 fully saturated rings. The van der Waals surface area contributed by atoms with Crippen LogP contribution < -0.4 is 4.74 Å². The van der Waals surface area contributed by atoms with E-state index in [2.05, 4.69) is 0 Å². The molecule has 7 heteroatoms. The van der Waals surface area contributed by atoms with E-state index in [1.54, 1.807) is 48.5 Å². The van der Waals surface area contributed by atoms with Gasteiger partial charge in [0, 0.05) is 15.5 Å². The zero-order valence-electron chi connectivity index (χ0n) is 17.6. The molecule has 0 spiro atoms. The average Bonchev–Trinajstić information content (AvgIpc) is 3.36. The van der Waals surface area contributed by atoms with Crippen molar-refractivity contribution in [2.75, 3.05) is 0 Å². The van der Waals surface area contributed by atoms with Crippen LogP contribution in [0.5, 0.6) is 5.75 Å². The van der Waals surface area contributed by atoms with Gasteiger partial charge < -0.3 is 14.7 Å². The Morgan fingerprint density at radius 2 is 1.78 bits per heavy atom. The fourth-order valence-corrected chi connectivity index (χ4v) is 4.55. The second-order valence-corrected chi connectivity index (χ2v) is 9.22. The Hall–Kier alpha value is -3.09. The number of amides is 1. The molecule has 32 heavy (non-hydrogen) atoms. The molecule has 1 unspecified atom stereocenters. The van der Waals surface area contributed by atoms with Gasteiger partial charge in [-0.25, -0.2) is 0 Å². The monoisotopic (exact) mass is 467 g/mol. The fraction of sp³-hybridized carbons (Fsp3) is 0.200. The topological polar surface area (TPSA) is 66.8 Å². The number of rotatable bonds is 6. The summed E-state index contributed by atoms with van der Waals surface area (Å²) in [4.78, 5) is 28.5. The molecule has 1 amide bonds. The SMILES string of the molecule is CC(C)Oc1ccc(/C(O)=C2/C(=O)C(=O)N(Cc3cccs3)C2c2ccc(Cl)cc2)cc1. The predicted molar refractivity (Wildman–Crippen MR) is 126 cm³/mol. The molecule has 1 aliphatic heterocycles. The average molecular weight is 468 g/mol. The van der Waals surface area contributed by atoms with Gasteiger partial charge in [0.05, 0.1) is 24.3 Å². The molecular formula is C25H22ClNO4S. The van der Waals surface area contributed by atoms with Gasteiger partial charge in [-0.1, -0.05) is 29.8 Å². The summed E-state index contributed by atoms with van der Waals surface area (Å²) in [6.45, 7) is 4.12. The Morgan fingerprint density at radius 3 is 2.38 bits per heavy atom. The van der Waals surface area contributed by atoms with Crippen LogP contribution in [0.2, 0.25) is 5.02 Å². The number of likely N-dealkylation sites (tertiary alicyclic amines) is 1.